The van der Waals surface area contributed by atoms with Crippen LogP contribution in [0.2, 0.25) is 0 Å². The molecule has 0 radical (unpaired) electrons. The number of allylic oxidation sites excluding steroid dienone is 4. The highest BCUT2D eigenvalue weighted by atomic mass is 19.1. The van der Waals surface area contributed by atoms with Crippen LogP contribution in [-0.2, 0) is 43.1 Å². The van der Waals surface area contributed by atoms with E-state index < -0.39 is 106 Å². The van der Waals surface area contributed by atoms with E-state index in [2.05, 4.69) is 15.0 Å². The van der Waals surface area contributed by atoms with Crippen LogP contribution in [-0.4, -0.2) is 118 Å². The maximum Gasteiger partial charge on any atom is 0.508 e. The average Bonchev–Trinajstić information content (AvgIpc) is 3.33. The van der Waals surface area contributed by atoms with Gasteiger partial charge < -0.3 is 44.5 Å². The number of Topliss-reactive ketones (excluding diaryl/α,β-unsaturated/α-hetero) is 1. The van der Waals surface area contributed by atoms with Crippen molar-refractivity contribution in [1.82, 2.24) is 5.32 Å². The maximum atomic E-state index is 17.4. The number of aliphatic hydroxyl groups excluding tert-OH is 2. The molecule has 0 heterocycles. The average molecular weight is 802 g/mol. The number of unbranched alkanes of at least 4 members (excludes halogenated alkanes) is 3. The van der Waals surface area contributed by atoms with E-state index in [0.29, 0.717) is 18.4 Å². The SMILES string of the molecule is C[C@]12C=CC(=O)C=C1CC[C@H]1[C@@H]3C[C@@H](O)[C@](O)(C(=O)COC(=O)OCC(NC(=O)CCCCCO[N+](=O)[O-])C(=O)OCCCCO[N+](=O)[O-])[C@@]3(C)C[C@H](O)[C@@]12F. The molecule has 312 valence electrons. The molecular weight excluding hydrogens is 753 g/mol. The van der Waals surface area contributed by atoms with Gasteiger partial charge in [-0.15, -0.1) is 20.2 Å². The number of rotatable bonds is 20. The molecule has 4 aliphatic rings. The van der Waals surface area contributed by atoms with Crippen LogP contribution in [0.5, 0.6) is 0 Å². The summed E-state index contributed by atoms with van der Waals surface area (Å²) < 4.78 is 32.4. The second-order valence-corrected chi connectivity index (χ2v) is 15.0. The van der Waals surface area contributed by atoms with E-state index in [1.54, 1.807) is 6.92 Å². The Morgan fingerprint density at radius 2 is 1.59 bits per heavy atom. The van der Waals surface area contributed by atoms with Crippen molar-refractivity contribution in [1.29, 1.82) is 0 Å². The molecule has 0 bridgehead atoms. The molecule has 20 nitrogen and oxygen atoms in total. The van der Waals surface area contributed by atoms with Gasteiger partial charge in [-0.3, -0.25) is 14.4 Å². The number of nitrogens with one attached hydrogen (secondary N) is 1. The topological polar surface area (TPSA) is 290 Å². The minimum atomic E-state index is -2.59. The summed E-state index contributed by atoms with van der Waals surface area (Å²) in [5.41, 5.74) is -7.27. The Hall–Kier alpha value is -4.76. The monoisotopic (exact) mass is 801 g/mol. The number of aliphatic hydroxyl groups is 3. The first kappa shape index (κ1) is 44.0. The lowest BCUT2D eigenvalue weighted by molar-refractivity contribution is -0.757. The zero-order valence-corrected chi connectivity index (χ0v) is 31.1. The number of carbonyl (C=O) groups excluding carboxylic acids is 5. The number of hydrogen-bond acceptors (Lipinski definition) is 17. The molecule has 3 saturated carbocycles. The smallest absolute Gasteiger partial charge is 0.464 e. The minimum absolute atomic E-state index is 0.132. The summed E-state index contributed by atoms with van der Waals surface area (Å²) in [6.07, 6.45) is -0.0124. The van der Waals surface area contributed by atoms with Crippen molar-refractivity contribution in [2.75, 3.05) is 33.0 Å². The number of hydrogen-bond donors (Lipinski definition) is 4. The number of carbonyl (C=O) groups is 5. The number of amides is 1. The molecular formula is C35H48FN3O17. The van der Waals surface area contributed by atoms with Crippen LogP contribution in [0.1, 0.15) is 78.1 Å². The summed E-state index contributed by atoms with van der Waals surface area (Å²) in [4.78, 5) is 92.6. The standard InChI is InChI=1S/C35H48FN3O17/c1-32-12-11-22(40)16-21(32)9-10-23-24-17-26(41)35(47,33(24,2)18-27(42)34(23,32)36)28(43)20-54-31(46)53-19-25(30(45)52-13-6-7-15-56-39(50)51)37-29(44)8-4-3-5-14-55-38(48)49/h11-12,16,23-27,41-42,47H,3-10,13-15,17-20H2,1-2H3,(H,37,44)/t23-,24-,25?,26+,27-,32-,33-,34-,35-/m0/s1. The molecule has 0 aliphatic heterocycles. The molecule has 56 heavy (non-hydrogen) atoms. The van der Waals surface area contributed by atoms with Crippen LogP contribution >= 0.6 is 0 Å². The van der Waals surface area contributed by atoms with Crippen molar-refractivity contribution >= 4 is 29.6 Å². The molecule has 3 fully saturated rings. The number of ether oxygens (including phenoxy) is 3. The lowest BCUT2D eigenvalue weighted by atomic mass is 9.44. The molecule has 1 amide bonds. The first-order valence-electron chi connectivity index (χ1n) is 18.4. The maximum absolute atomic E-state index is 17.4. The van der Waals surface area contributed by atoms with E-state index in [1.165, 1.54) is 25.2 Å². The normalized spacial score (nSPS) is 32.0. The zero-order valence-electron chi connectivity index (χ0n) is 31.1. The number of nitrogens with zero attached hydrogens (tertiary/aromatic N) is 2. The lowest BCUT2D eigenvalue weighted by Gasteiger charge is -2.62. The summed E-state index contributed by atoms with van der Waals surface area (Å²) in [6, 6.07) is -1.58. The van der Waals surface area contributed by atoms with Gasteiger partial charge in [0.05, 0.1) is 32.0 Å². The van der Waals surface area contributed by atoms with E-state index in [0.717, 1.165) is 0 Å². The molecule has 9 atom stereocenters. The molecule has 0 aromatic heterocycles. The molecule has 1 unspecified atom stereocenters. The second kappa shape index (κ2) is 18.0. The van der Waals surface area contributed by atoms with E-state index in [1.807, 2.05) is 0 Å². The van der Waals surface area contributed by atoms with E-state index in [-0.39, 0.29) is 70.5 Å². The molecule has 0 saturated heterocycles. The number of fused-ring (bicyclic) bond motifs is 5. The van der Waals surface area contributed by atoms with Gasteiger partial charge in [-0.05, 0) is 76.4 Å². The van der Waals surface area contributed by atoms with Gasteiger partial charge in [-0.1, -0.05) is 25.0 Å². The Kier molecular flexibility index (Phi) is 14.1. The fraction of sp³-hybridized carbons (Fsp3) is 0.743. The predicted molar refractivity (Wildman–Crippen MR) is 183 cm³/mol. The molecule has 0 spiro atoms. The van der Waals surface area contributed by atoms with Crippen molar-refractivity contribution in [3.05, 3.63) is 44.0 Å². The first-order valence-corrected chi connectivity index (χ1v) is 18.4. The van der Waals surface area contributed by atoms with Crippen molar-refractivity contribution in [2.45, 2.75) is 108 Å². The number of halogens is 1. The van der Waals surface area contributed by atoms with Gasteiger partial charge in [0.15, 0.2) is 29.7 Å². The highest BCUT2D eigenvalue weighted by molar-refractivity contribution is 6.01. The van der Waals surface area contributed by atoms with E-state index in [4.69, 9.17) is 14.2 Å². The van der Waals surface area contributed by atoms with Gasteiger partial charge >= 0.3 is 12.1 Å². The highest BCUT2D eigenvalue weighted by Crippen LogP contribution is 2.69. The fourth-order valence-electron chi connectivity index (χ4n) is 8.91. The van der Waals surface area contributed by atoms with Gasteiger partial charge in [-0.2, -0.15) is 0 Å². The number of esters is 1. The third kappa shape index (κ3) is 8.94. The van der Waals surface area contributed by atoms with Gasteiger partial charge in [0, 0.05) is 23.2 Å². The van der Waals surface area contributed by atoms with Crippen LogP contribution in [0.3, 0.4) is 0 Å². The van der Waals surface area contributed by atoms with Gasteiger partial charge in [0.25, 0.3) is 10.2 Å². The second-order valence-electron chi connectivity index (χ2n) is 15.0. The third-order valence-corrected chi connectivity index (χ3v) is 11.8. The van der Waals surface area contributed by atoms with Crippen LogP contribution < -0.4 is 5.32 Å². The van der Waals surface area contributed by atoms with Crippen LogP contribution in [0.4, 0.5) is 9.18 Å². The summed E-state index contributed by atoms with van der Waals surface area (Å²) in [6.45, 7) is 0.423. The molecule has 0 aromatic carbocycles. The summed E-state index contributed by atoms with van der Waals surface area (Å²) in [5, 5.41) is 55.5. The quantitative estimate of drug-likeness (QED) is 0.0588. The number of alkyl halides is 1. The number of ketones is 2. The predicted octanol–water partition coefficient (Wildman–Crippen LogP) is 1.57. The molecule has 0 aromatic rings. The third-order valence-electron chi connectivity index (χ3n) is 11.8. The Morgan fingerprint density at radius 3 is 2.25 bits per heavy atom. The van der Waals surface area contributed by atoms with Crippen LogP contribution in [0, 0.1) is 42.9 Å². The molecule has 4 N–H and O–H groups in total. The van der Waals surface area contributed by atoms with Crippen molar-refractivity contribution in [3.63, 3.8) is 0 Å². The molecule has 21 heteroatoms. The van der Waals surface area contributed by atoms with E-state index >= 15 is 4.39 Å². The van der Waals surface area contributed by atoms with Crippen LogP contribution in [0.25, 0.3) is 0 Å². The zero-order chi connectivity index (χ0) is 41.5. The van der Waals surface area contributed by atoms with Crippen molar-refractivity contribution < 1.29 is 77.7 Å². The summed E-state index contributed by atoms with van der Waals surface area (Å²) in [7, 11) is 0. The minimum Gasteiger partial charge on any atom is -0.464 e. The Bertz CT molecular complexity index is 1610. The van der Waals surface area contributed by atoms with Crippen molar-refractivity contribution in [3.8, 4) is 0 Å². The Morgan fingerprint density at radius 1 is 0.946 bits per heavy atom. The van der Waals surface area contributed by atoms with Crippen molar-refractivity contribution in [2.24, 2.45) is 22.7 Å². The first-order chi connectivity index (χ1) is 26.3. The highest BCUT2D eigenvalue weighted by Gasteiger charge is 2.76. The van der Waals surface area contributed by atoms with Gasteiger partial charge in [-0.25, -0.2) is 14.0 Å². The largest absolute Gasteiger partial charge is 0.508 e. The fourth-order valence-corrected chi connectivity index (χ4v) is 8.91. The lowest BCUT2D eigenvalue weighted by Crippen LogP contribution is -2.69. The molecule has 4 rings (SSSR count). The van der Waals surface area contributed by atoms with E-state index in [9.17, 15) is 59.5 Å². The van der Waals surface area contributed by atoms with Crippen LogP contribution in [0.15, 0.2) is 23.8 Å². The Balaban J connectivity index is 1.36. The van der Waals surface area contributed by atoms with Gasteiger partial charge in [0.2, 0.25) is 11.7 Å². The Labute approximate surface area is 319 Å². The summed E-state index contributed by atoms with van der Waals surface area (Å²) >= 11 is 0. The molecule has 4 aliphatic carbocycles. The summed E-state index contributed by atoms with van der Waals surface area (Å²) in [5.74, 6) is -4.90. The van der Waals surface area contributed by atoms with Gasteiger partial charge in [0.1, 0.15) is 6.61 Å².